The maximum atomic E-state index is 13.2. The van der Waals surface area contributed by atoms with E-state index in [0.29, 0.717) is 17.7 Å². The Morgan fingerprint density at radius 2 is 2.11 bits per heavy atom. The predicted molar refractivity (Wildman–Crippen MR) is 98.3 cm³/mol. The molecule has 28 heavy (non-hydrogen) atoms. The monoisotopic (exact) mass is 407 g/mol. The summed E-state index contributed by atoms with van der Waals surface area (Å²) >= 11 is 0. The van der Waals surface area contributed by atoms with Crippen molar-refractivity contribution in [1.29, 1.82) is 0 Å². The Balaban J connectivity index is 1.54. The summed E-state index contributed by atoms with van der Waals surface area (Å²) in [7, 11) is -1.64. The van der Waals surface area contributed by atoms with Crippen LogP contribution >= 0.6 is 0 Å². The third-order valence-electron chi connectivity index (χ3n) is 5.70. The van der Waals surface area contributed by atoms with Crippen LogP contribution in [0.25, 0.3) is 0 Å². The highest BCUT2D eigenvalue weighted by Crippen LogP contribution is 2.40. The Morgan fingerprint density at radius 3 is 2.82 bits per heavy atom. The molecule has 1 N–H and O–H groups in total. The van der Waals surface area contributed by atoms with E-state index in [4.69, 9.17) is 4.74 Å². The zero-order chi connectivity index (χ0) is 20.1. The van der Waals surface area contributed by atoms with Crippen LogP contribution in [0.5, 0.6) is 5.75 Å². The summed E-state index contributed by atoms with van der Waals surface area (Å²) in [5.74, 6) is -0.483. The molecule has 0 radical (unpaired) electrons. The molecule has 4 rings (SSSR count). The zero-order valence-electron chi connectivity index (χ0n) is 15.4. The molecule has 9 nitrogen and oxygen atoms in total. The molecule has 0 aromatic heterocycles. The van der Waals surface area contributed by atoms with Gasteiger partial charge in [-0.1, -0.05) is 18.2 Å². The van der Waals surface area contributed by atoms with Gasteiger partial charge in [-0.2, -0.15) is 0 Å². The van der Waals surface area contributed by atoms with Gasteiger partial charge in [-0.3, -0.25) is 14.5 Å². The summed E-state index contributed by atoms with van der Waals surface area (Å²) in [5.41, 5.74) is -0.661. The van der Waals surface area contributed by atoms with Gasteiger partial charge >= 0.3 is 6.03 Å². The summed E-state index contributed by atoms with van der Waals surface area (Å²) in [6.07, 6.45) is 0.634. The van der Waals surface area contributed by atoms with Gasteiger partial charge in [0.1, 0.15) is 12.3 Å². The Bertz CT molecular complexity index is 962. The maximum absolute atomic E-state index is 13.2. The Morgan fingerprint density at radius 1 is 1.36 bits per heavy atom. The summed E-state index contributed by atoms with van der Waals surface area (Å²) in [6.45, 7) is -0.160. The van der Waals surface area contributed by atoms with E-state index in [1.807, 2.05) is 0 Å². The fourth-order valence-corrected chi connectivity index (χ4v) is 5.82. The molecule has 10 heteroatoms. The minimum absolute atomic E-state index is 0.0400. The summed E-state index contributed by atoms with van der Waals surface area (Å²) < 4.78 is 28.9. The lowest BCUT2D eigenvalue weighted by Crippen LogP contribution is -2.49. The number of benzene rings is 1. The van der Waals surface area contributed by atoms with E-state index in [9.17, 15) is 22.8 Å². The molecular formula is C18H21N3O6S. The zero-order valence-corrected chi connectivity index (χ0v) is 16.2. The quantitative estimate of drug-likeness (QED) is 0.698. The fourth-order valence-electron chi connectivity index (χ4n) is 4.05. The number of para-hydroxylation sites is 1. The number of rotatable bonds is 3. The van der Waals surface area contributed by atoms with Gasteiger partial charge < -0.3 is 15.0 Å². The van der Waals surface area contributed by atoms with Crippen molar-refractivity contribution in [2.24, 2.45) is 0 Å². The van der Waals surface area contributed by atoms with Crippen LogP contribution in [0.15, 0.2) is 24.3 Å². The lowest BCUT2D eigenvalue weighted by Gasteiger charge is -2.33. The van der Waals surface area contributed by atoms with Crippen molar-refractivity contribution in [3.63, 3.8) is 0 Å². The first-order valence-electron chi connectivity index (χ1n) is 9.06. The number of hydrogen-bond acceptors (Lipinski definition) is 6. The Kier molecular flexibility index (Phi) is 4.33. The van der Waals surface area contributed by atoms with Gasteiger partial charge in [0.25, 0.3) is 5.91 Å². The molecule has 2 atom stereocenters. The van der Waals surface area contributed by atoms with Gasteiger partial charge in [-0.25, -0.2) is 13.2 Å². The van der Waals surface area contributed by atoms with Crippen molar-refractivity contribution >= 4 is 27.7 Å². The highest BCUT2D eigenvalue weighted by Gasteiger charge is 2.55. The molecule has 0 saturated carbocycles. The number of sulfone groups is 1. The van der Waals surface area contributed by atoms with E-state index in [1.54, 1.807) is 24.3 Å². The molecule has 0 bridgehead atoms. The molecule has 0 unspecified atom stereocenters. The average Bonchev–Trinajstić information content (AvgIpc) is 3.14. The standard InChI is InChI=1S/C18H21N3O6S/c1-20(12-6-9-28(25,26)11-12)15(22)10-21-16(23)18(19-17(21)24)7-8-27-14-5-3-2-4-13(14)18/h2-5,12H,6-11H2,1H3,(H,19,24)/t12-,18-/m1/s1. The predicted octanol–water partition coefficient (Wildman–Crippen LogP) is -0.138. The van der Waals surface area contributed by atoms with E-state index in [2.05, 4.69) is 5.32 Å². The topological polar surface area (TPSA) is 113 Å². The minimum atomic E-state index is -3.15. The first kappa shape index (κ1) is 18.7. The first-order valence-corrected chi connectivity index (χ1v) is 10.9. The lowest BCUT2D eigenvalue weighted by atomic mass is 9.84. The second kappa shape index (κ2) is 6.47. The van der Waals surface area contributed by atoms with Gasteiger partial charge in [0.05, 0.1) is 18.1 Å². The molecule has 1 aromatic carbocycles. The number of nitrogens with zero attached hydrogens (tertiary/aromatic N) is 2. The lowest BCUT2D eigenvalue weighted by molar-refractivity contribution is -0.139. The molecule has 1 spiro atoms. The van der Waals surface area contributed by atoms with Gasteiger partial charge in [0, 0.05) is 25.1 Å². The number of ether oxygens (including phenoxy) is 1. The summed E-state index contributed by atoms with van der Waals surface area (Å²) in [6, 6.07) is 5.94. The minimum Gasteiger partial charge on any atom is -0.493 e. The van der Waals surface area contributed by atoms with Gasteiger partial charge in [-0.05, 0) is 12.5 Å². The number of fused-ring (bicyclic) bond motifs is 2. The first-order chi connectivity index (χ1) is 13.2. The smallest absolute Gasteiger partial charge is 0.325 e. The van der Waals surface area contributed by atoms with E-state index >= 15 is 0 Å². The highest BCUT2D eigenvalue weighted by atomic mass is 32.2. The van der Waals surface area contributed by atoms with Crippen molar-refractivity contribution < 1.29 is 27.5 Å². The molecular weight excluding hydrogens is 386 g/mol. The molecule has 3 heterocycles. The van der Waals surface area contributed by atoms with Gasteiger partial charge in [0.2, 0.25) is 5.91 Å². The third kappa shape index (κ3) is 2.92. The molecule has 3 aliphatic heterocycles. The van der Waals surface area contributed by atoms with E-state index in [1.165, 1.54) is 11.9 Å². The largest absolute Gasteiger partial charge is 0.493 e. The van der Waals surface area contributed by atoms with Crippen LogP contribution in [0.4, 0.5) is 4.79 Å². The van der Waals surface area contributed by atoms with E-state index in [0.717, 1.165) is 4.90 Å². The summed E-state index contributed by atoms with van der Waals surface area (Å²) in [4.78, 5) is 40.6. The van der Waals surface area contributed by atoms with Crippen molar-refractivity contribution in [2.75, 3.05) is 31.7 Å². The highest BCUT2D eigenvalue weighted by molar-refractivity contribution is 7.91. The molecule has 150 valence electrons. The SMILES string of the molecule is CN(C(=O)CN1C(=O)N[C@@]2(CCOc3ccccc32)C1=O)[C@@H]1CCS(=O)(=O)C1. The number of amides is 4. The third-order valence-corrected chi connectivity index (χ3v) is 7.45. The van der Waals surface area contributed by atoms with Gasteiger partial charge in [-0.15, -0.1) is 0 Å². The van der Waals surface area contributed by atoms with E-state index < -0.39 is 45.8 Å². The molecule has 2 saturated heterocycles. The molecule has 2 fully saturated rings. The number of carbonyl (C=O) groups is 3. The molecule has 3 aliphatic rings. The molecule has 4 amide bonds. The maximum Gasteiger partial charge on any atom is 0.325 e. The number of urea groups is 1. The number of likely N-dealkylation sites (N-methyl/N-ethyl adjacent to an activating group) is 1. The van der Waals surface area contributed by atoms with Crippen molar-refractivity contribution in [2.45, 2.75) is 24.4 Å². The fraction of sp³-hybridized carbons (Fsp3) is 0.500. The molecule has 0 aliphatic carbocycles. The van der Waals surface area contributed by atoms with Crippen LogP contribution in [0.2, 0.25) is 0 Å². The van der Waals surface area contributed by atoms with Crippen LogP contribution in [0.3, 0.4) is 0 Å². The van der Waals surface area contributed by atoms with E-state index in [-0.39, 0.29) is 24.5 Å². The number of nitrogens with one attached hydrogen (secondary N) is 1. The average molecular weight is 407 g/mol. The van der Waals surface area contributed by atoms with Crippen molar-refractivity contribution in [1.82, 2.24) is 15.1 Å². The Labute approximate surface area is 162 Å². The number of carbonyl (C=O) groups excluding carboxylic acids is 3. The number of imide groups is 1. The van der Waals surface area contributed by atoms with Crippen molar-refractivity contribution in [3.05, 3.63) is 29.8 Å². The van der Waals surface area contributed by atoms with Gasteiger partial charge in [0.15, 0.2) is 15.4 Å². The summed E-state index contributed by atoms with van der Waals surface area (Å²) in [5, 5.41) is 2.74. The van der Waals surface area contributed by atoms with Crippen LogP contribution in [-0.4, -0.2) is 73.8 Å². The normalized spacial score (nSPS) is 28.0. The number of hydrogen-bond donors (Lipinski definition) is 1. The second-order valence-corrected chi connectivity index (χ2v) is 9.61. The van der Waals surface area contributed by atoms with Crippen LogP contribution in [-0.2, 0) is 25.0 Å². The second-order valence-electron chi connectivity index (χ2n) is 7.38. The Hall–Kier alpha value is -2.62. The molecule has 1 aromatic rings. The van der Waals surface area contributed by atoms with Crippen LogP contribution in [0, 0.1) is 0 Å². The van der Waals surface area contributed by atoms with Crippen molar-refractivity contribution in [3.8, 4) is 5.75 Å². The van der Waals surface area contributed by atoms with Crippen LogP contribution < -0.4 is 10.1 Å². The van der Waals surface area contributed by atoms with Crippen LogP contribution in [0.1, 0.15) is 18.4 Å².